The Hall–Kier alpha value is -2.18. The zero-order valence-electron chi connectivity index (χ0n) is 12.7. The maximum Gasteiger partial charge on any atom is 0.122 e. The summed E-state index contributed by atoms with van der Waals surface area (Å²) in [6.45, 7) is 2.57. The first kappa shape index (κ1) is 16.2. The second-order valence-corrected chi connectivity index (χ2v) is 5.28. The van der Waals surface area contributed by atoms with Crippen molar-refractivity contribution in [1.82, 2.24) is 0 Å². The Bertz CT molecular complexity index is 662. The second-order valence-electron chi connectivity index (χ2n) is 4.84. The fourth-order valence-corrected chi connectivity index (χ4v) is 2.52. The molecular weight excluding hydrogens is 298 g/mol. The van der Waals surface area contributed by atoms with E-state index in [1.807, 2.05) is 43.3 Å². The van der Waals surface area contributed by atoms with E-state index in [0.717, 1.165) is 22.6 Å². The largest absolute Gasteiger partial charge is 0.496 e. The smallest absolute Gasteiger partial charge is 0.122 e. The Balaban J connectivity index is 2.22. The zero-order chi connectivity index (χ0) is 15.9. The second kappa shape index (κ2) is 7.72. The van der Waals surface area contributed by atoms with Crippen LogP contribution in [0, 0.1) is 11.3 Å². The summed E-state index contributed by atoms with van der Waals surface area (Å²) in [6, 6.07) is 15.4. The molecule has 0 amide bonds. The monoisotopic (exact) mass is 315 g/mol. The highest BCUT2D eigenvalue weighted by molar-refractivity contribution is 6.30. The quantitative estimate of drug-likeness (QED) is 0.782. The van der Waals surface area contributed by atoms with E-state index in [2.05, 4.69) is 6.07 Å². The first-order valence-electron chi connectivity index (χ1n) is 7.12. The van der Waals surface area contributed by atoms with Crippen molar-refractivity contribution < 1.29 is 9.47 Å². The average molecular weight is 316 g/mol. The molecule has 0 aliphatic carbocycles. The zero-order valence-corrected chi connectivity index (χ0v) is 13.4. The van der Waals surface area contributed by atoms with E-state index < -0.39 is 0 Å². The minimum absolute atomic E-state index is 0.261. The van der Waals surface area contributed by atoms with Gasteiger partial charge in [0.25, 0.3) is 0 Å². The Morgan fingerprint density at radius 3 is 2.50 bits per heavy atom. The molecule has 0 bridgehead atoms. The summed E-state index contributed by atoms with van der Waals surface area (Å²) in [5.41, 5.74) is 1.88. The third-order valence-corrected chi connectivity index (χ3v) is 3.65. The van der Waals surface area contributed by atoms with Crippen LogP contribution in [0.5, 0.6) is 11.5 Å². The molecule has 22 heavy (non-hydrogen) atoms. The molecule has 114 valence electrons. The topological polar surface area (TPSA) is 42.2 Å². The minimum atomic E-state index is -0.261. The van der Waals surface area contributed by atoms with Crippen LogP contribution in [0.15, 0.2) is 42.5 Å². The lowest BCUT2D eigenvalue weighted by Crippen LogP contribution is -2.03. The van der Waals surface area contributed by atoms with Crippen molar-refractivity contribution >= 4 is 11.6 Å². The molecule has 3 nitrogen and oxygen atoms in total. The molecule has 2 rings (SSSR count). The molecule has 0 fully saturated rings. The molecule has 0 heterocycles. The van der Waals surface area contributed by atoms with E-state index in [4.69, 9.17) is 21.1 Å². The lowest BCUT2D eigenvalue weighted by Gasteiger charge is -2.14. The summed E-state index contributed by atoms with van der Waals surface area (Å²) < 4.78 is 10.8. The molecule has 2 aromatic rings. The van der Waals surface area contributed by atoms with Gasteiger partial charge in [0.05, 0.1) is 25.7 Å². The van der Waals surface area contributed by atoms with Crippen LogP contribution in [-0.2, 0) is 6.42 Å². The predicted octanol–water partition coefficient (Wildman–Crippen LogP) is 4.60. The highest BCUT2D eigenvalue weighted by Crippen LogP contribution is 2.29. The average Bonchev–Trinajstić information content (AvgIpc) is 2.54. The standard InChI is InChI=1S/C18H18ClNO2/c1-3-22-17-7-4-13(5-8-17)15(12-20)10-14-11-16(19)6-9-18(14)21-2/h4-9,11,15H,3,10H2,1-2H3. The van der Waals surface area contributed by atoms with E-state index >= 15 is 0 Å². The van der Waals surface area contributed by atoms with Gasteiger partial charge in [0.15, 0.2) is 0 Å². The van der Waals surface area contributed by atoms with Crippen LogP contribution in [0.25, 0.3) is 0 Å². The number of benzene rings is 2. The normalized spacial score (nSPS) is 11.5. The van der Waals surface area contributed by atoms with E-state index in [-0.39, 0.29) is 5.92 Å². The molecular formula is C18H18ClNO2. The van der Waals surface area contributed by atoms with Gasteiger partial charge in [-0.2, -0.15) is 5.26 Å². The van der Waals surface area contributed by atoms with Crippen LogP contribution in [0.2, 0.25) is 5.02 Å². The summed E-state index contributed by atoms with van der Waals surface area (Å²) in [5, 5.41) is 10.1. The number of hydrogen-bond donors (Lipinski definition) is 0. The molecule has 1 atom stereocenters. The summed E-state index contributed by atoms with van der Waals surface area (Å²) in [5.74, 6) is 1.29. The SMILES string of the molecule is CCOc1ccc(C(C#N)Cc2cc(Cl)ccc2OC)cc1. The molecule has 0 aliphatic rings. The highest BCUT2D eigenvalue weighted by Gasteiger charge is 2.15. The van der Waals surface area contributed by atoms with Crippen LogP contribution in [-0.4, -0.2) is 13.7 Å². The molecule has 0 saturated heterocycles. The Morgan fingerprint density at radius 2 is 1.91 bits per heavy atom. The van der Waals surface area contributed by atoms with E-state index in [1.54, 1.807) is 13.2 Å². The number of nitrogens with zero attached hydrogens (tertiary/aromatic N) is 1. The first-order valence-corrected chi connectivity index (χ1v) is 7.50. The molecule has 1 unspecified atom stereocenters. The summed E-state index contributed by atoms with van der Waals surface area (Å²) in [7, 11) is 1.62. The fourth-order valence-electron chi connectivity index (χ4n) is 2.33. The number of ether oxygens (including phenoxy) is 2. The summed E-state index contributed by atoms with van der Waals surface area (Å²) in [4.78, 5) is 0. The van der Waals surface area contributed by atoms with Crippen molar-refractivity contribution in [2.24, 2.45) is 0 Å². The van der Waals surface area contributed by atoms with Crippen molar-refractivity contribution in [3.8, 4) is 17.6 Å². The number of rotatable bonds is 6. The Labute approximate surface area is 136 Å². The molecule has 0 saturated carbocycles. The Morgan fingerprint density at radius 1 is 1.18 bits per heavy atom. The van der Waals surface area contributed by atoms with E-state index in [1.165, 1.54) is 0 Å². The number of nitriles is 1. The van der Waals surface area contributed by atoms with Gasteiger partial charge in [-0.05, 0) is 54.8 Å². The van der Waals surface area contributed by atoms with Gasteiger partial charge in [-0.1, -0.05) is 23.7 Å². The van der Waals surface area contributed by atoms with Gasteiger partial charge >= 0.3 is 0 Å². The molecule has 0 spiro atoms. The molecule has 2 aromatic carbocycles. The predicted molar refractivity (Wildman–Crippen MR) is 87.7 cm³/mol. The van der Waals surface area contributed by atoms with Gasteiger partial charge in [0.2, 0.25) is 0 Å². The summed E-state index contributed by atoms with van der Waals surface area (Å²) in [6.07, 6.45) is 0.550. The minimum Gasteiger partial charge on any atom is -0.496 e. The highest BCUT2D eigenvalue weighted by atomic mass is 35.5. The van der Waals surface area contributed by atoms with Crippen LogP contribution in [0.4, 0.5) is 0 Å². The number of methoxy groups -OCH3 is 1. The number of hydrogen-bond acceptors (Lipinski definition) is 3. The third kappa shape index (κ3) is 3.93. The fraction of sp³-hybridized carbons (Fsp3) is 0.278. The lowest BCUT2D eigenvalue weighted by atomic mass is 9.93. The van der Waals surface area contributed by atoms with Crippen LogP contribution < -0.4 is 9.47 Å². The first-order chi connectivity index (χ1) is 10.7. The molecule has 4 heteroatoms. The van der Waals surface area contributed by atoms with Crippen molar-refractivity contribution in [2.45, 2.75) is 19.3 Å². The number of halogens is 1. The van der Waals surface area contributed by atoms with Crippen LogP contribution >= 0.6 is 11.6 Å². The third-order valence-electron chi connectivity index (χ3n) is 3.42. The van der Waals surface area contributed by atoms with Gasteiger partial charge in [0.1, 0.15) is 11.5 Å². The molecule has 0 N–H and O–H groups in total. The van der Waals surface area contributed by atoms with E-state index in [0.29, 0.717) is 18.1 Å². The van der Waals surface area contributed by atoms with Gasteiger partial charge < -0.3 is 9.47 Å². The van der Waals surface area contributed by atoms with Gasteiger partial charge in [-0.15, -0.1) is 0 Å². The van der Waals surface area contributed by atoms with Gasteiger partial charge in [-0.3, -0.25) is 0 Å². The summed E-state index contributed by atoms with van der Waals surface area (Å²) >= 11 is 6.05. The van der Waals surface area contributed by atoms with Crippen molar-refractivity contribution in [3.63, 3.8) is 0 Å². The van der Waals surface area contributed by atoms with Crippen molar-refractivity contribution in [2.75, 3.05) is 13.7 Å². The molecule has 0 aliphatic heterocycles. The van der Waals surface area contributed by atoms with E-state index in [9.17, 15) is 5.26 Å². The maximum absolute atomic E-state index is 9.49. The molecule has 0 aromatic heterocycles. The molecule has 0 radical (unpaired) electrons. The lowest BCUT2D eigenvalue weighted by molar-refractivity contribution is 0.340. The van der Waals surface area contributed by atoms with Gasteiger partial charge in [-0.25, -0.2) is 0 Å². The van der Waals surface area contributed by atoms with Crippen LogP contribution in [0.1, 0.15) is 24.0 Å². The Kier molecular flexibility index (Phi) is 5.68. The van der Waals surface area contributed by atoms with Crippen molar-refractivity contribution in [1.29, 1.82) is 5.26 Å². The van der Waals surface area contributed by atoms with Gasteiger partial charge in [0, 0.05) is 5.02 Å². The van der Waals surface area contributed by atoms with Crippen LogP contribution in [0.3, 0.4) is 0 Å². The maximum atomic E-state index is 9.49. The van der Waals surface area contributed by atoms with Crippen molar-refractivity contribution in [3.05, 3.63) is 58.6 Å².